The van der Waals surface area contributed by atoms with Crippen LogP contribution in [0.2, 0.25) is 0 Å². The fourth-order valence-corrected chi connectivity index (χ4v) is 6.00. The minimum Gasteiger partial charge on any atom is -0.349 e. The van der Waals surface area contributed by atoms with Crippen molar-refractivity contribution < 1.29 is 4.79 Å². The van der Waals surface area contributed by atoms with Crippen molar-refractivity contribution in [3.8, 4) is 0 Å². The SMILES string of the molecule is CC1(C)CC(NC(=O)c2ccc(SC3CCCCC3)cc2)CC(C)(C)N1. The maximum atomic E-state index is 12.7. The summed E-state index contributed by atoms with van der Waals surface area (Å²) in [6.07, 6.45) is 8.68. The van der Waals surface area contributed by atoms with Crippen molar-refractivity contribution in [3.05, 3.63) is 29.8 Å². The molecule has 1 aromatic carbocycles. The van der Waals surface area contributed by atoms with Crippen LogP contribution in [0, 0.1) is 0 Å². The highest BCUT2D eigenvalue weighted by atomic mass is 32.2. The van der Waals surface area contributed by atoms with Crippen LogP contribution in [-0.2, 0) is 0 Å². The molecule has 2 fully saturated rings. The van der Waals surface area contributed by atoms with E-state index in [1.165, 1.54) is 37.0 Å². The Morgan fingerprint density at radius 3 is 2.15 bits per heavy atom. The third-order valence-corrected chi connectivity index (χ3v) is 6.85. The summed E-state index contributed by atoms with van der Waals surface area (Å²) < 4.78 is 0. The van der Waals surface area contributed by atoms with Gasteiger partial charge in [-0.2, -0.15) is 0 Å². The highest BCUT2D eigenvalue weighted by Crippen LogP contribution is 2.33. The number of hydrogen-bond acceptors (Lipinski definition) is 3. The summed E-state index contributed by atoms with van der Waals surface area (Å²) in [5.74, 6) is 0.0534. The molecule has 1 aliphatic heterocycles. The molecule has 144 valence electrons. The van der Waals surface area contributed by atoms with Crippen molar-refractivity contribution in [3.63, 3.8) is 0 Å². The van der Waals surface area contributed by atoms with Gasteiger partial charge < -0.3 is 10.6 Å². The smallest absolute Gasteiger partial charge is 0.251 e. The summed E-state index contributed by atoms with van der Waals surface area (Å²) in [5.41, 5.74) is 0.854. The summed E-state index contributed by atoms with van der Waals surface area (Å²) in [5, 5.41) is 7.68. The van der Waals surface area contributed by atoms with E-state index in [9.17, 15) is 4.79 Å². The Labute approximate surface area is 163 Å². The fraction of sp³-hybridized carbons (Fsp3) is 0.682. The molecule has 2 N–H and O–H groups in total. The molecule has 0 bridgehead atoms. The topological polar surface area (TPSA) is 41.1 Å². The molecule has 1 aromatic rings. The zero-order chi connectivity index (χ0) is 18.8. The number of carbonyl (C=O) groups excluding carboxylic acids is 1. The molecule has 1 amide bonds. The predicted molar refractivity (Wildman–Crippen MR) is 111 cm³/mol. The van der Waals surface area contributed by atoms with E-state index >= 15 is 0 Å². The van der Waals surface area contributed by atoms with Crippen LogP contribution < -0.4 is 10.6 Å². The molecule has 3 nitrogen and oxygen atoms in total. The zero-order valence-corrected chi connectivity index (χ0v) is 17.5. The van der Waals surface area contributed by atoms with Gasteiger partial charge in [-0.25, -0.2) is 0 Å². The molecule has 1 saturated heterocycles. The van der Waals surface area contributed by atoms with Crippen molar-refractivity contribution in [2.45, 2.75) is 99.9 Å². The molecule has 1 saturated carbocycles. The van der Waals surface area contributed by atoms with Crippen LogP contribution >= 0.6 is 11.8 Å². The molecule has 0 aromatic heterocycles. The van der Waals surface area contributed by atoms with Crippen molar-refractivity contribution in [1.29, 1.82) is 0 Å². The number of benzene rings is 1. The number of thioether (sulfide) groups is 1. The zero-order valence-electron chi connectivity index (χ0n) is 16.7. The average molecular weight is 375 g/mol. The van der Waals surface area contributed by atoms with E-state index in [4.69, 9.17) is 0 Å². The first-order valence-corrected chi connectivity index (χ1v) is 11.0. The highest BCUT2D eigenvalue weighted by molar-refractivity contribution is 8.00. The van der Waals surface area contributed by atoms with Crippen LogP contribution in [0.1, 0.15) is 83.0 Å². The van der Waals surface area contributed by atoms with Crippen LogP contribution in [0.4, 0.5) is 0 Å². The number of carbonyl (C=O) groups is 1. The number of rotatable bonds is 4. The highest BCUT2D eigenvalue weighted by Gasteiger charge is 2.38. The van der Waals surface area contributed by atoms with Crippen molar-refractivity contribution in [2.24, 2.45) is 0 Å². The Morgan fingerprint density at radius 1 is 1.00 bits per heavy atom. The first-order valence-electron chi connectivity index (χ1n) is 10.1. The average Bonchev–Trinajstić information content (AvgIpc) is 2.53. The van der Waals surface area contributed by atoms with Crippen molar-refractivity contribution >= 4 is 17.7 Å². The van der Waals surface area contributed by atoms with E-state index in [1.54, 1.807) is 0 Å². The van der Waals surface area contributed by atoms with Gasteiger partial charge in [0.2, 0.25) is 0 Å². The lowest BCUT2D eigenvalue weighted by Crippen LogP contribution is -2.62. The normalized spacial score (nSPS) is 23.5. The summed E-state index contributed by atoms with van der Waals surface area (Å²) in [4.78, 5) is 14.0. The Bertz CT molecular complexity index is 602. The molecule has 3 rings (SSSR count). The molecule has 0 spiro atoms. The van der Waals surface area contributed by atoms with E-state index in [1.807, 2.05) is 23.9 Å². The number of piperidine rings is 1. The molecule has 1 heterocycles. The third kappa shape index (κ3) is 5.50. The van der Waals surface area contributed by atoms with Gasteiger partial charge in [-0.3, -0.25) is 4.79 Å². The first-order chi connectivity index (χ1) is 12.2. The second kappa shape index (κ2) is 7.93. The molecule has 0 radical (unpaired) electrons. The molecular formula is C22H34N2OS. The molecule has 2 aliphatic rings. The van der Waals surface area contributed by atoms with Gasteiger partial charge in [-0.1, -0.05) is 19.3 Å². The van der Waals surface area contributed by atoms with Crippen LogP contribution in [0.3, 0.4) is 0 Å². The number of amides is 1. The standard InChI is InChI=1S/C22H34N2OS/c1-21(2)14-17(15-22(3,4)24-21)23-20(25)16-10-12-19(13-11-16)26-18-8-6-5-7-9-18/h10-13,17-18,24H,5-9,14-15H2,1-4H3,(H,23,25). The molecule has 0 unspecified atom stereocenters. The van der Waals surface area contributed by atoms with E-state index in [2.05, 4.69) is 50.5 Å². The lowest BCUT2D eigenvalue weighted by molar-refractivity contribution is 0.0873. The second-order valence-electron chi connectivity index (χ2n) is 9.37. The van der Waals surface area contributed by atoms with E-state index < -0.39 is 0 Å². The maximum Gasteiger partial charge on any atom is 0.251 e. The largest absolute Gasteiger partial charge is 0.349 e. The van der Waals surface area contributed by atoms with Crippen LogP contribution in [-0.4, -0.2) is 28.3 Å². The summed E-state index contributed by atoms with van der Waals surface area (Å²) in [6, 6.07) is 8.41. The van der Waals surface area contributed by atoms with E-state index in [-0.39, 0.29) is 23.0 Å². The Hall–Kier alpha value is -1.00. The Balaban J connectivity index is 1.57. The third-order valence-electron chi connectivity index (χ3n) is 5.50. The van der Waals surface area contributed by atoms with Crippen LogP contribution in [0.15, 0.2) is 29.2 Å². The van der Waals surface area contributed by atoms with Crippen molar-refractivity contribution in [2.75, 3.05) is 0 Å². The quantitative estimate of drug-likeness (QED) is 0.766. The van der Waals surface area contributed by atoms with Gasteiger partial charge in [0.25, 0.3) is 5.91 Å². The predicted octanol–water partition coefficient (Wildman–Crippen LogP) is 5.15. The van der Waals surface area contributed by atoms with Crippen LogP contribution in [0.5, 0.6) is 0 Å². The fourth-order valence-electron chi connectivity index (χ4n) is 4.75. The Kier molecular flexibility index (Phi) is 6.03. The van der Waals surface area contributed by atoms with Gasteiger partial charge in [0.1, 0.15) is 0 Å². The molecule has 0 atom stereocenters. The monoisotopic (exact) mass is 374 g/mol. The number of hydrogen-bond donors (Lipinski definition) is 2. The number of nitrogens with one attached hydrogen (secondary N) is 2. The minimum atomic E-state index is 0.0419. The molecule has 1 aliphatic carbocycles. The lowest BCUT2D eigenvalue weighted by atomic mass is 9.79. The summed E-state index contributed by atoms with van der Waals surface area (Å²) >= 11 is 1.98. The molecule has 26 heavy (non-hydrogen) atoms. The van der Waals surface area contributed by atoms with Gasteiger partial charge in [0.15, 0.2) is 0 Å². The Morgan fingerprint density at radius 2 is 1.58 bits per heavy atom. The van der Waals surface area contributed by atoms with Crippen LogP contribution in [0.25, 0.3) is 0 Å². The lowest BCUT2D eigenvalue weighted by Gasteiger charge is -2.46. The first kappa shape index (κ1) is 19.8. The second-order valence-corrected chi connectivity index (χ2v) is 10.7. The molecule has 4 heteroatoms. The van der Waals surface area contributed by atoms with Gasteiger partial charge in [0.05, 0.1) is 0 Å². The molecular weight excluding hydrogens is 340 g/mol. The summed E-state index contributed by atoms with van der Waals surface area (Å²) in [6.45, 7) is 8.85. The summed E-state index contributed by atoms with van der Waals surface area (Å²) in [7, 11) is 0. The maximum absolute atomic E-state index is 12.7. The minimum absolute atomic E-state index is 0.0419. The van der Waals surface area contributed by atoms with Gasteiger partial charge in [-0.05, 0) is 77.6 Å². The van der Waals surface area contributed by atoms with Gasteiger partial charge in [0, 0.05) is 32.8 Å². The van der Waals surface area contributed by atoms with Gasteiger partial charge >= 0.3 is 0 Å². The van der Waals surface area contributed by atoms with Gasteiger partial charge in [-0.15, -0.1) is 11.8 Å². The van der Waals surface area contributed by atoms with Crippen molar-refractivity contribution in [1.82, 2.24) is 10.6 Å². The van der Waals surface area contributed by atoms with E-state index in [0.717, 1.165) is 23.7 Å². The van der Waals surface area contributed by atoms with E-state index in [0.29, 0.717) is 0 Å².